The molecular formula is C16H16Br3NO. The molecular weight excluding hydrogens is 462 g/mol. The summed E-state index contributed by atoms with van der Waals surface area (Å²) in [6.45, 7) is 2.50. The van der Waals surface area contributed by atoms with Gasteiger partial charge in [-0.2, -0.15) is 0 Å². The fourth-order valence-electron chi connectivity index (χ4n) is 2.01. The molecule has 112 valence electrons. The van der Waals surface area contributed by atoms with Gasteiger partial charge in [0.2, 0.25) is 0 Å². The third-order valence-electron chi connectivity index (χ3n) is 2.95. The van der Waals surface area contributed by atoms with Crippen molar-refractivity contribution < 1.29 is 4.74 Å². The first kappa shape index (κ1) is 17.0. The molecule has 0 spiro atoms. The molecule has 0 amide bonds. The molecule has 2 N–H and O–H groups in total. The highest BCUT2D eigenvalue weighted by Gasteiger charge is 2.11. The monoisotopic (exact) mass is 475 g/mol. The van der Waals surface area contributed by atoms with Gasteiger partial charge in [0, 0.05) is 16.1 Å². The molecule has 0 aliphatic rings. The average molecular weight is 478 g/mol. The van der Waals surface area contributed by atoms with Crippen molar-refractivity contribution in [3.05, 3.63) is 60.9 Å². The lowest BCUT2D eigenvalue weighted by atomic mass is 10.1. The number of rotatable bonds is 5. The van der Waals surface area contributed by atoms with E-state index in [9.17, 15) is 0 Å². The lowest BCUT2D eigenvalue weighted by Gasteiger charge is -2.14. The highest BCUT2D eigenvalue weighted by molar-refractivity contribution is 9.11. The van der Waals surface area contributed by atoms with Gasteiger partial charge in [0.05, 0.1) is 8.95 Å². The molecule has 5 heteroatoms. The van der Waals surface area contributed by atoms with Crippen LogP contribution in [0.25, 0.3) is 0 Å². The van der Waals surface area contributed by atoms with Crippen LogP contribution in [0.4, 0.5) is 0 Å². The lowest BCUT2D eigenvalue weighted by molar-refractivity contribution is 0.301. The van der Waals surface area contributed by atoms with Gasteiger partial charge in [0.1, 0.15) is 12.4 Å². The van der Waals surface area contributed by atoms with Crippen molar-refractivity contribution in [1.82, 2.24) is 0 Å². The number of ether oxygens (including phenoxy) is 1. The fourth-order valence-corrected chi connectivity index (χ4v) is 3.91. The van der Waals surface area contributed by atoms with E-state index in [1.54, 1.807) is 0 Å². The van der Waals surface area contributed by atoms with Crippen LogP contribution in [0.5, 0.6) is 5.75 Å². The Morgan fingerprint density at radius 1 is 1.05 bits per heavy atom. The molecule has 0 aliphatic carbocycles. The first-order chi connectivity index (χ1) is 9.97. The van der Waals surface area contributed by atoms with Crippen molar-refractivity contribution in [2.75, 3.05) is 0 Å². The highest BCUT2D eigenvalue weighted by atomic mass is 79.9. The molecule has 0 saturated heterocycles. The van der Waals surface area contributed by atoms with Gasteiger partial charge in [0.25, 0.3) is 0 Å². The van der Waals surface area contributed by atoms with Crippen molar-refractivity contribution in [3.8, 4) is 5.75 Å². The molecule has 0 fully saturated rings. The van der Waals surface area contributed by atoms with E-state index in [1.165, 1.54) is 5.56 Å². The molecule has 1 unspecified atom stereocenters. The van der Waals surface area contributed by atoms with E-state index < -0.39 is 0 Å². The molecule has 2 rings (SSSR count). The maximum absolute atomic E-state index is 5.94. The zero-order valence-corrected chi connectivity index (χ0v) is 16.3. The predicted octanol–water partition coefficient (Wildman–Crippen LogP) is 5.44. The molecule has 0 aromatic heterocycles. The minimum atomic E-state index is 0.135. The van der Waals surface area contributed by atoms with E-state index in [0.717, 1.165) is 31.2 Å². The molecule has 0 bridgehead atoms. The second kappa shape index (κ2) is 7.77. The minimum Gasteiger partial charge on any atom is -0.486 e. The molecule has 0 aliphatic heterocycles. The summed E-state index contributed by atoms with van der Waals surface area (Å²) in [7, 11) is 0. The van der Waals surface area contributed by atoms with Gasteiger partial charge in [-0.1, -0.05) is 34.1 Å². The van der Waals surface area contributed by atoms with Gasteiger partial charge in [-0.15, -0.1) is 0 Å². The quantitative estimate of drug-likeness (QED) is 0.622. The predicted molar refractivity (Wildman–Crippen MR) is 97.7 cm³/mol. The standard InChI is InChI=1S/C16H16Br3NO/c1-10(20)6-11-7-14(18)16(15(19)8-11)21-9-12-4-2-3-5-13(12)17/h2-5,7-8,10H,6,9,20H2,1H3. The van der Waals surface area contributed by atoms with Crippen LogP contribution in [-0.4, -0.2) is 6.04 Å². The van der Waals surface area contributed by atoms with Crippen LogP contribution in [0.15, 0.2) is 49.8 Å². The van der Waals surface area contributed by atoms with Crippen molar-refractivity contribution in [1.29, 1.82) is 0 Å². The maximum atomic E-state index is 5.94. The Balaban J connectivity index is 2.15. The molecule has 0 saturated carbocycles. The van der Waals surface area contributed by atoms with Crippen LogP contribution in [0.1, 0.15) is 18.1 Å². The Kier molecular flexibility index (Phi) is 6.29. The Bertz CT molecular complexity index is 606. The normalized spacial score (nSPS) is 12.2. The first-order valence-corrected chi connectivity index (χ1v) is 8.95. The minimum absolute atomic E-state index is 0.135. The third kappa shape index (κ3) is 4.81. The average Bonchev–Trinajstić information content (AvgIpc) is 2.39. The summed E-state index contributed by atoms with van der Waals surface area (Å²) in [4.78, 5) is 0. The van der Waals surface area contributed by atoms with Crippen molar-refractivity contribution >= 4 is 47.8 Å². The Hall–Kier alpha value is -0.360. The number of hydrogen-bond donors (Lipinski definition) is 1. The smallest absolute Gasteiger partial charge is 0.148 e. The zero-order chi connectivity index (χ0) is 15.4. The van der Waals surface area contributed by atoms with Crippen molar-refractivity contribution in [2.45, 2.75) is 26.0 Å². The second-order valence-electron chi connectivity index (χ2n) is 4.95. The first-order valence-electron chi connectivity index (χ1n) is 6.57. The van der Waals surface area contributed by atoms with E-state index in [0.29, 0.717) is 6.61 Å². The van der Waals surface area contributed by atoms with Crippen molar-refractivity contribution in [3.63, 3.8) is 0 Å². The Morgan fingerprint density at radius 2 is 1.67 bits per heavy atom. The third-order valence-corrected chi connectivity index (χ3v) is 4.90. The second-order valence-corrected chi connectivity index (χ2v) is 7.51. The van der Waals surface area contributed by atoms with Gasteiger partial charge in [0.15, 0.2) is 0 Å². The molecule has 2 nitrogen and oxygen atoms in total. The summed E-state index contributed by atoms with van der Waals surface area (Å²) >= 11 is 10.7. The van der Waals surface area contributed by atoms with E-state index in [4.69, 9.17) is 10.5 Å². The maximum Gasteiger partial charge on any atom is 0.148 e. The number of halogens is 3. The Morgan fingerprint density at radius 3 is 2.24 bits per heavy atom. The van der Waals surface area contributed by atoms with Gasteiger partial charge >= 0.3 is 0 Å². The topological polar surface area (TPSA) is 35.2 Å². The SMILES string of the molecule is CC(N)Cc1cc(Br)c(OCc2ccccc2Br)c(Br)c1. The van der Waals surface area contributed by atoms with Gasteiger partial charge in [-0.3, -0.25) is 0 Å². The van der Waals surface area contributed by atoms with Crippen LogP contribution in [0.3, 0.4) is 0 Å². The van der Waals surface area contributed by atoms with E-state index in [-0.39, 0.29) is 6.04 Å². The van der Waals surface area contributed by atoms with Crippen LogP contribution in [-0.2, 0) is 13.0 Å². The van der Waals surface area contributed by atoms with Crippen LogP contribution in [0, 0.1) is 0 Å². The molecule has 21 heavy (non-hydrogen) atoms. The summed E-state index contributed by atoms with van der Waals surface area (Å²) in [5.74, 6) is 0.805. The van der Waals surface area contributed by atoms with Crippen LogP contribution >= 0.6 is 47.8 Å². The molecule has 2 aromatic carbocycles. The molecule has 0 heterocycles. The van der Waals surface area contributed by atoms with Gasteiger partial charge in [-0.25, -0.2) is 0 Å². The molecule has 2 aromatic rings. The number of benzene rings is 2. The van der Waals surface area contributed by atoms with E-state index >= 15 is 0 Å². The van der Waals surface area contributed by atoms with Crippen LogP contribution in [0.2, 0.25) is 0 Å². The summed E-state index contributed by atoms with van der Waals surface area (Å²) in [6, 6.07) is 12.3. The van der Waals surface area contributed by atoms with Gasteiger partial charge in [-0.05, 0) is 69.0 Å². The zero-order valence-electron chi connectivity index (χ0n) is 11.6. The van der Waals surface area contributed by atoms with Gasteiger partial charge < -0.3 is 10.5 Å². The largest absolute Gasteiger partial charge is 0.486 e. The number of nitrogens with two attached hydrogens (primary N) is 1. The lowest BCUT2D eigenvalue weighted by Crippen LogP contribution is -2.17. The van der Waals surface area contributed by atoms with Crippen LogP contribution < -0.4 is 10.5 Å². The summed E-state index contributed by atoms with van der Waals surface area (Å²) in [6.07, 6.45) is 0.835. The summed E-state index contributed by atoms with van der Waals surface area (Å²) in [5, 5.41) is 0. The highest BCUT2D eigenvalue weighted by Crippen LogP contribution is 2.36. The molecule has 1 atom stereocenters. The molecule has 0 radical (unpaired) electrons. The summed E-state index contributed by atoms with van der Waals surface area (Å²) in [5.41, 5.74) is 8.13. The number of hydrogen-bond acceptors (Lipinski definition) is 2. The fraction of sp³-hybridized carbons (Fsp3) is 0.250. The Labute approximate surface area is 150 Å². The summed E-state index contributed by atoms with van der Waals surface area (Å²) < 4.78 is 8.85. The van der Waals surface area contributed by atoms with E-state index in [2.05, 4.69) is 59.9 Å². The van der Waals surface area contributed by atoms with Crippen molar-refractivity contribution in [2.24, 2.45) is 5.73 Å². The van der Waals surface area contributed by atoms with E-state index in [1.807, 2.05) is 31.2 Å².